The summed E-state index contributed by atoms with van der Waals surface area (Å²) in [7, 11) is 0. The predicted octanol–water partition coefficient (Wildman–Crippen LogP) is -2.81. The maximum absolute atomic E-state index is 13.3. The summed E-state index contributed by atoms with van der Waals surface area (Å²) >= 11 is 1.83. The lowest BCUT2D eigenvalue weighted by atomic mass is 9.70. The molecule has 0 aromatic carbocycles. The maximum Gasteiger partial charge on any atom is 0.226 e. The Labute approximate surface area is 274 Å². The molecule has 8 rings (SSSR count). The summed E-state index contributed by atoms with van der Waals surface area (Å²) in [4.78, 5) is 28.6. The highest BCUT2D eigenvalue weighted by Gasteiger charge is 2.54. The third-order valence-corrected chi connectivity index (χ3v) is 13.2. The monoisotopic (exact) mass is 661 g/mol. The van der Waals surface area contributed by atoms with Crippen LogP contribution in [0.3, 0.4) is 0 Å². The average molecular weight is 662 g/mol. The number of carbonyl (C=O) groups excluding carboxylic acids is 2. The number of nitrogens with one attached hydrogen (secondary N) is 7. The Morgan fingerprint density at radius 1 is 1.09 bits per heavy atom. The van der Waals surface area contributed by atoms with Crippen molar-refractivity contribution >= 4 is 23.5 Å². The van der Waals surface area contributed by atoms with Crippen LogP contribution in [0.4, 0.5) is 0 Å². The van der Waals surface area contributed by atoms with Gasteiger partial charge in [0.1, 0.15) is 12.4 Å². The summed E-state index contributed by atoms with van der Waals surface area (Å²) < 4.78 is 11.8. The fraction of sp³-hybridized carbons (Fsp3) is 0.867. The van der Waals surface area contributed by atoms with Crippen LogP contribution in [0.1, 0.15) is 38.5 Å². The van der Waals surface area contributed by atoms with Crippen LogP contribution < -0.4 is 49.0 Å². The Balaban J connectivity index is 1.01. The second-order valence-corrected chi connectivity index (χ2v) is 15.6. The van der Waals surface area contributed by atoms with Crippen molar-refractivity contribution in [2.24, 2.45) is 35.1 Å². The van der Waals surface area contributed by atoms with E-state index in [-0.39, 0.29) is 71.8 Å². The minimum atomic E-state index is -0.506. The van der Waals surface area contributed by atoms with E-state index in [1.54, 1.807) is 6.08 Å². The molecule has 11 unspecified atom stereocenters. The van der Waals surface area contributed by atoms with Crippen molar-refractivity contribution in [3.8, 4) is 0 Å². The van der Waals surface area contributed by atoms with Crippen LogP contribution in [-0.2, 0) is 19.1 Å². The molecule has 16 heteroatoms. The Morgan fingerprint density at radius 2 is 1.93 bits per heavy atom. The van der Waals surface area contributed by atoms with E-state index < -0.39 is 5.92 Å². The zero-order chi connectivity index (χ0) is 31.4. The molecule has 8 aliphatic rings. The number of hydrogen-bond acceptors (Lipinski definition) is 15. The molecule has 2 aliphatic carbocycles. The first-order chi connectivity index (χ1) is 22.4. The SMILES string of the molecule is NC(=O)C1C(NC2CC(C3COC4C(=O)C=C(N5CCOCC5)SC43)CC3CNNC32)NC(N[C@H]2CCCC[C@H]2N)N2NCNC12. The number of thioether (sulfide) groups is 1. The molecule has 11 N–H and O–H groups in total. The number of fused-ring (bicyclic) bond motifs is 3. The molecule has 0 bridgehead atoms. The highest BCUT2D eigenvalue weighted by Crippen LogP contribution is 2.48. The number of ketones is 1. The van der Waals surface area contributed by atoms with Gasteiger partial charge in [-0.25, -0.2) is 5.43 Å². The van der Waals surface area contributed by atoms with Crippen LogP contribution >= 0.6 is 11.8 Å². The molecular weight excluding hydrogens is 610 g/mol. The standard InChI is InChI=1S/C30H51N11O4S/c31-18-3-1-2-4-19(18)37-30-38-28(23(27(32)43)29-33-14-35-41(29)30)36-20-10-15(9-16-12-34-39-24(16)20)17-13-45-25-21(42)11-22(46-26(17)25)40-5-7-44-8-6-40/h11,15-20,23-26,28-30,33-39H,1-10,12-14,31H2,(H2,32,43)/t15?,16?,17?,18-,19+,20?,23?,24?,25?,26?,28?,29?,30?/m1/s1. The minimum Gasteiger partial charge on any atom is -0.378 e. The van der Waals surface area contributed by atoms with Gasteiger partial charge in [-0.15, -0.1) is 11.8 Å². The molecule has 0 aromatic heterocycles. The van der Waals surface area contributed by atoms with E-state index in [1.165, 1.54) is 0 Å². The predicted molar refractivity (Wildman–Crippen MR) is 172 cm³/mol. The highest BCUT2D eigenvalue weighted by atomic mass is 32.2. The Kier molecular flexibility index (Phi) is 9.33. The van der Waals surface area contributed by atoms with Crippen LogP contribution in [0.5, 0.6) is 0 Å². The molecule has 256 valence electrons. The van der Waals surface area contributed by atoms with Crippen molar-refractivity contribution in [3.05, 3.63) is 11.1 Å². The van der Waals surface area contributed by atoms with Gasteiger partial charge in [0.25, 0.3) is 0 Å². The van der Waals surface area contributed by atoms with Crippen LogP contribution in [0, 0.1) is 23.7 Å². The molecule has 46 heavy (non-hydrogen) atoms. The Morgan fingerprint density at radius 3 is 2.76 bits per heavy atom. The number of morpholine rings is 1. The van der Waals surface area contributed by atoms with Crippen molar-refractivity contribution < 1.29 is 19.1 Å². The van der Waals surface area contributed by atoms with E-state index in [1.807, 2.05) is 11.8 Å². The highest BCUT2D eigenvalue weighted by molar-refractivity contribution is 8.03. The molecular formula is C30H51N11O4S. The van der Waals surface area contributed by atoms with Gasteiger partial charge in [-0.1, -0.05) is 12.8 Å². The number of nitrogens with zero attached hydrogens (tertiary/aromatic N) is 2. The molecule has 0 radical (unpaired) electrons. The van der Waals surface area contributed by atoms with E-state index in [0.717, 1.165) is 63.2 Å². The summed E-state index contributed by atoms with van der Waals surface area (Å²) in [6.45, 7) is 5.04. The first-order valence-electron chi connectivity index (χ1n) is 17.4. The van der Waals surface area contributed by atoms with Gasteiger partial charge >= 0.3 is 0 Å². The first kappa shape index (κ1) is 31.8. The molecule has 5 saturated heterocycles. The zero-order valence-electron chi connectivity index (χ0n) is 26.4. The van der Waals surface area contributed by atoms with Crippen molar-refractivity contribution in [3.63, 3.8) is 0 Å². The normalized spacial score (nSPS) is 46.5. The van der Waals surface area contributed by atoms with Gasteiger partial charge < -0.3 is 25.8 Å². The van der Waals surface area contributed by atoms with Gasteiger partial charge in [0.15, 0.2) is 5.78 Å². The summed E-state index contributed by atoms with van der Waals surface area (Å²) in [6.07, 6.45) is 6.89. The zero-order valence-corrected chi connectivity index (χ0v) is 27.2. The summed E-state index contributed by atoms with van der Waals surface area (Å²) in [6, 6.07) is 0.569. The maximum atomic E-state index is 13.3. The second-order valence-electron chi connectivity index (χ2n) is 14.4. The largest absolute Gasteiger partial charge is 0.378 e. The third-order valence-electron chi connectivity index (χ3n) is 11.8. The lowest BCUT2D eigenvalue weighted by molar-refractivity contribution is -0.132. The van der Waals surface area contributed by atoms with Crippen molar-refractivity contribution in [2.45, 2.75) is 92.7 Å². The number of carbonyl (C=O) groups is 2. The molecule has 2 saturated carbocycles. The number of rotatable bonds is 7. The lowest BCUT2D eigenvalue weighted by Gasteiger charge is -2.50. The van der Waals surface area contributed by atoms with Crippen LogP contribution in [0.25, 0.3) is 0 Å². The van der Waals surface area contributed by atoms with Crippen LogP contribution in [0.15, 0.2) is 11.1 Å². The number of ether oxygens (including phenoxy) is 2. The van der Waals surface area contributed by atoms with E-state index in [9.17, 15) is 9.59 Å². The molecule has 15 nitrogen and oxygen atoms in total. The quantitative estimate of drug-likeness (QED) is 0.136. The number of primary amides is 1. The second kappa shape index (κ2) is 13.5. The molecule has 13 atom stereocenters. The fourth-order valence-electron chi connectivity index (χ4n) is 9.37. The summed E-state index contributed by atoms with van der Waals surface area (Å²) in [5.74, 6) is 0.285. The number of hydrogen-bond donors (Lipinski definition) is 9. The van der Waals surface area contributed by atoms with Crippen molar-refractivity contribution in [2.75, 3.05) is 46.1 Å². The van der Waals surface area contributed by atoms with E-state index in [2.05, 4.69) is 47.5 Å². The van der Waals surface area contributed by atoms with E-state index in [0.29, 0.717) is 38.3 Å². The molecule has 1 amide bonds. The van der Waals surface area contributed by atoms with Gasteiger partial charge in [-0.05, 0) is 37.5 Å². The van der Waals surface area contributed by atoms with Crippen LogP contribution in [0.2, 0.25) is 0 Å². The third kappa shape index (κ3) is 6.02. The molecule has 0 spiro atoms. The lowest BCUT2D eigenvalue weighted by Crippen LogP contribution is -2.78. The van der Waals surface area contributed by atoms with Gasteiger partial charge in [0.2, 0.25) is 5.91 Å². The summed E-state index contributed by atoms with van der Waals surface area (Å²) in [5, 5.41) is 18.1. The van der Waals surface area contributed by atoms with Gasteiger partial charge in [0.05, 0.1) is 49.8 Å². The first-order valence-corrected chi connectivity index (χ1v) is 18.3. The summed E-state index contributed by atoms with van der Waals surface area (Å²) in [5.41, 5.74) is 23.0. The Hall–Kier alpha value is -1.41. The molecule has 0 aromatic rings. The van der Waals surface area contributed by atoms with Crippen molar-refractivity contribution in [1.29, 1.82) is 0 Å². The number of amides is 1. The number of nitrogens with two attached hydrogens (primary N) is 2. The van der Waals surface area contributed by atoms with Gasteiger partial charge in [-0.2, -0.15) is 5.01 Å². The van der Waals surface area contributed by atoms with Gasteiger partial charge in [0, 0.05) is 61.0 Å². The minimum absolute atomic E-state index is 0.0780. The molecule has 6 aliphatic heterocycles. The molecule has 6 heterocycles. The fourth-order valence-corrected chi connectivity index (χ4v) is 11.0. The molecule has 7 fully saturated rings. The number of hydrazine groups is 2. The van der Waals surface area contributed by atoms with Gasteiger partial charge in [-0.3, -0.25) is 41.7 Å². The van der Waals surface area contributed by atoms with Crippen molar-refractivity contribution in [1.82, 2.24) is 47.5 Å². The topological polar surface area (TPSA) is 195 Å². The van der Waals surface area contributed by atoms with Crippen LogP contribution in [-0.4, -0.2) is 122 Å². The van der Waals surface area contributed by atoms with E-state index in [4.69, 9.17) is 20.9 Å². The average Bonchev–Trinajstić information content (AvgIpc) is 3.83. The Bertz CT molecular complexity index is 1180. The van der Waals surface area contributed by atoms with E-state index >= 15 is 0 Å². The smallest absolute Gasteiger partial charge is 0.226 e.